The van der Waals surface area contributed by atoms with E-state index >= 15 is 0 Å². The fourth-order valence-corrected chi connectivity index (χ4v) is 5.11. The fourth-order valence-electron chi connectivity index (χ4n) is 4.11. The molecule has 0 aliphatic carbocycles. The summed E-state index contributed by atoms with van der Waals surface area (Å²) in [5, 5.41) is 0. The third-order valence-electron chi connectivity index (χ3n) is 5.73. The van der Waals surface area contributed by atoms with E-state index in [9.17, 15) is 18.4 Å². The Hall–Kier alpha value is -4.17. The maximum atomic E-state index is 13.8. The molecule has 0 bridgehead atoms. The van der Waals surface area contributed by atoms with Crippen LogP contribution in [0, 0.1) is 11.6 Å². The van der Waals surface area contributed by atoms with Crippen LogP contribution in [0.15, 0.2) is 94.2 Å². The van der Waals surface area contributed by atoms with Gasteiger partial charge < -0.3 is 4.74 Å². The first-order chi connectivity index (χ1) is 17.5. The van der Waals surface area contributed by atoms with Crippen molar-refractivity contribution in [1.82, 2.24) is 4.57 Å². The average molecular weight is 503 g/mol. The van der Waals surface area contributed by atoms with Crippen LogP contribution in [-0.4, -0.2) is 17.1 Å². The number of aromatic nitrogens is 1. The number of benzene rings is 3. The molecule has 1 atom stereocenters. The Morgan fingerprint density at radius 3 is 2.28 bits per heavy atom. The molecule has 3 aromatic carbocycles. The second kappa shape index (κ2) is 9.83. The number of esters is 1. The van der Waals surface area contributed by atoms with Crippen molar-refractivity contribution in [1.29, 1.82) is 0 Å². The Bertz CT molecular complexity index is 1640. The maximum Gasteiger partial charge on any atom is 0.338 e. The van der Waals surface area contributed by atoms with Crippen LogP contribution in [0.5, 0.6) is 0 Å². The van der Waals surface area contributed by atoms with Gasteiger partial charge in [-0.15, -0.1) is 0 Å². The van der Waals surface area contributed by atoms with Crippen molar-refractivity contribution in [3.05, 3.63) is 132 Å². The summed E-state index contributed by atoms with van der Waals surface area (Å²) >= 11 is 1.16. The molecule has 5 rings (SSSR count). The summed E-state index contributed by atoms with van der Waals surface area (Å²) in [4.78, 5) is 32.1. The molecule has 0 radical (unpaired) electrons. The molecule has 36 heavy (non-hydrogen) atoms. The minimum absolute atomic E-state index is 0.134. The van der Waals surface area contributed by atoms with Crippen molar-refractivity contribution in [3.8, 4) is 0 Å². The highest BCUT2D eigenvalue weighted by atomic mass is 32.1. The van der Waals surface area contributed by atoms with Gasteiger partial charge in [-0.3, -0.25) is 9.36 Å². The van der Waals surface area contributed by atoms with Crippen LogP contribution in [0.2, 0.25) is 0 Å². The first-order valence-electron chi connectivity index (χ1n) is 11.3. The smallest absolute Gasteiger partial charge is 0.338 e. The van der Waals surface area contributed by atoms with Crippen molar-refractivity contribution in [2.24, 2.45) is 4.99 Å². The summed E-state index contributed by atoms with van der Waals surface area (Å²) in [6.45, 7) is 1.83. The lowest BCUT2D eigenvalue weighted by atomic mass is 9.93. The van der Waals surface area contributed by atoms with Crippen molar-refractivity contribution in [2.75, 3.05) is 6.61 Å². The summed E-state index contributed by atoms with van der Waals surface area (Å²) in [5.41, 5.74) is 2.08. The first kappa shape index (κ1) is 23.6. The molecule has 0 unspecified atom stereocenters. The minimum atomic E-state index is -0.883. The molecule has 1 aliphatic rings. The quantitative estimate of drug-likeness (QED) is 0.384. The molecule has 2 heterocycles. The fraction of sp³-hybridized carbons (Fsp3) is 0.107. The zero-order valence-corrected chi connectivity index (χ0v) is 20.0. The Labute approximate surface area is 209 Å². The lowest BCUT2D eigenvalue weighted by molar-refractivity contribution is -0.138. The summed E-state index contributed by atoms with van der Waals surface area (Å²) in [6, 6.07) is 19.7. The molecule has 0 fully saturated rings. The molecule has 180 valence electrons. The number of hydrogen-bond donors (Lipinski definition) is 0. The van der Waals surface area contributed by atoms with E-state index in [2.05, 4.69) is 0 Å². The number of rotatable bonds is 5. The number of thiazole rings is 1. The topological polar surface area (TPSA) is 60.7 Å². The van der Waals surface area contributed by atoms with Crippen molar-refractivity contribution in [3.63, 3.8) is 0 Å². The molecule has 0 N–H and O–H groups in total. The molecule has 5 nitrogen and oxygen atoms in total. The molecular formula is C28H20F2N2O3S. The highest BCUT2D eigenvalue weighted by Gasteiger charge is 2.35. The van der Waals surface area contributed by atoms with Gasteiger partial charge in [-0.25, -0.2) is 18.6 Å². The van der Waals surface area contributed by atoms with Crippen LogP contribution in [0.1, 0.15) is 29.7 Å². The van der Waals surface area contributed by atoms with Crippen LogP contribution < -0.4 is 14.9 Å². The monoisotopic (exact) mass is 502 g/mol. The van der Waals surface area contributed by atoms with Crippen LogP contribution in [-0.2, 0) is 9.53 Å². The van der Waals surface area contributed by atoms with E-state index < -0.39 is 17.8 Å². The standard InChI is InChI=1S/C28H20F2N2O3S/c1-2-35-27(34)23-24(18-6-4-3-5-7-18)31-28-32(25(23)19-10-14-21(30)15-11-19)26(33)22(36-28)16-17-8-12-20(29)13-9-17/h3-16,25H,2H2,1H3/b22-16-/t25-/m1/s1. The number of nitrogens with zero attached hydrogens (tertiary/aromatic N) is 2. The van der Waals surface area contributed by atoms with Crippen LogP contribution in [0.4, 0.5) is 8.78 Å². The van der Waals surface area contributed by atoms with Gasteiger partial charge in [0.1, 0.15) is 11.6 Å². The Morgan fingerprint density at radius 1 is 1.00 bits per heavy atom. The number of carbonyl (C=O) groups is 1. The third-order valence-corrected chi connectivity index (χ3v) is 6.71. The molecule has 1 aromatic heterocycles. The summed E-state index contributed by atoms with van der Waals surface area (Å²) in [6.07, 6.45) is 1.65. The lowest BCUT2D eigenvalue weighted by Gasteiger charge is -2.25. The van der Waals surface area contributed by atoms with E-state index in [1.54, 1.807) is 37.3 Å². The summed E-state index contributed by atoms with van der Waals surface area (Å²) < 4.78 is 34.4. The molecular weight excluding hydrogens is 482 g/mol. The van der Waals surface area contributed by atoms with E-state index in [1.807, 2.05) is 30.3 Å². The molecule has 0 saturated carbocycles. The van der Waals surface area contributed by atoms with Crippen LogP contribution >= 0.6 is 11.3 Å². The number of hydrogen-bond acceptors (Lipinski definition) is 5. The third kappa shape index (κ3) is 4.43. The average Bonchev–Trinajstić information content (AvgIpc) is 3.20. The second-order valence-electron chi connectivity index (χ2n) is 8.03. The largest absolute Gasteiger partial charge is 0.463 e. The molecule has 4 aromatic rings. The molecule has 0 spiro atoms. The van der Waals surface area contributed by atoms with Gasteiger partial charge in [0.15, 0.2) is 4.80 Å². The predicted octanol–water partition coefficient (Wildman–Crippen LogP) is 4.21. The minimum Gasteiger partial charge on any atom is -0.463 e. The van der Waals surface area contributed by atoms with Gasteiger partial charge in [-0.2, -0.15) is 0 Å². The van der Waals surface area contributed by atoms with Gasteiger partial charge >= 0.3 is 5.97 Å². The van der Waals surface area contributed by atoms with Crippen molar-refractivity contribution in [2.45, 2.75) is 13.0 Å². The maximum absolute atomic E-state index is 13.8. The number of fused-ring (bicyclic) bond motifs is 1. The van der Waals surface area contributed by atoms with Gasteiger partial charge in [0.05, 0.1) is 28.5 Å². The van der Waals surface area contributed by atoms with Crippen LogP contribution in [0.25, 0.3) is 11.8 Å². The molecule has 0 amide bonds. The predicted molar refractivity (Wildman–Crippen MR) is 134 cm³/mol. The number of halogens is 2. The Morgan fingerprint density at radius 2 is 1.64 bits per heavy atom. The molecule has 0 saturated heterocycles. The zero-order chi connectivity index (χ0) is 25.2. The highest BCUT2D eigenvalue weighted by Crippen LogP contribution is 2.35. The highest BCUT2D eigenvalue weighted by molar-refractivity contribution is 7.07. The molecule has 8 heteroatoms. The SMILES string of the molecule is CCOC(=O)C1=C(c2ccccc2)N=c2s/c(=C\c3ccc(F)cc3)c(=O)n2[C@@H]1c1ccc(F)cc1. The van der Waals surface area contributed by atoms with Crippen molar-refractivity contribution >= 4 is 29.1 Å². The molecule has 1 aliphatic heterocycles. The number of ether oxygens (including phenoxy) is 1. The van der Waals surface area contributed by atoms with Crippen molar-refractivity contribution < 1.29 is 18.3 Å². The second-order valence-corrected chi connectivity index (χ2v) is 9.04. The van der Waals surface area contributed by atoms with E-state index in [4.69, 9.17) is 9.73 Å². The summed E-state index contributed by atoms with van der Waals surface area (Å²) in [5.74, 6) is -1.42. The van der Waals surface area contributed by atoms with Gasteiger partial charge in [0.25, 0.3) is 5.56 Å². The summed E-state index contributed by atoms with van der Waals surface area (Å²) in [7, 11) is 0. The van der Waals surface area contributed by atoms with E-state index in [0.29, 0.717) is 31.7 Å². The Kier molecular flexibility index (Phi) is 6.43. The van der Waals surface area contributed by atoms with Gasteiger partial charge in [-0.1, -0.05) is 65.9 Å². The lowest BCUT2D eigenvalue weighted by Crippen LogP contribution is -2.40. The number of carbonyl (C=O) groups excluding carboxylic acids is 1. The van der Waals surface area contributed by atoms with E-state index in [1.165, 1.54) is 28.8 Å². The van der Waals surface area contributed by atoms with Gasteiger partial charge in [0.2, 0.25) is 0 Å². The zero-order valence-electron chi connectivity index (χ0n) is 19.2. The van der Waals surface area contributed by atoms with E-state index in [-0.39, 0.29) is 23.6 Å². The normalized spacial score (nSPS) is 15.4. The first-order valence-corrected chi connectivity index (χ1v) is 12.1. The van der Waals surface area contributed by atoms with Crippen LogP contribution in [0.3, 0.4) is 0 Å². The van der Waals surface area contributed by atoms with Gasteiger partial charge in [-0.05, 0) is 48.4 Å². The Balaban J connectivity index is 1.82. The van der Waals surface area contributed by atoms with Gasteiger partial charge in [0, 0.05) is 5.56 Å². The van der Waals surface area contributed by atoms with E-state index in [0.717, 1.165) is 11.3 Å².